The Morgan fingerprint density at radius 2 is 1.80 bits per heavy atom. The summed E-state index contributed by atoms with van der Waals surface area (Å²) in [6.07, 6.45) is 1.79. The molecule has 0 aliphatic rings. The predicted octanol–water partition coefficient (Wildman–Crippen LogP) is 3.24. The summed E-state index contributed by atoms with van der Waals surface area (Å²) in [7, 11) is 0. The van der Waals surface area contributed by atoms with Crippen LogP contribution in [-0.2, 0) is 52.8 Å². The Morgan fingerprint density at radius 1 is 1.07 bits per heavy atom. The summed E-state index contributed by atoms with van der Waals surface area (Å²) < 4.78 is 0. The fourth-order valence-corrected chi connectivity index (χ4v) is 1.07. The van der Waals surface area contributed by atoms with Crippen molar-refractivity contribution in [2.75, 3.05) is 0 Å². The van der Waals surface area contributed by atoms with Crippen LogP contribution in [0, 0.1) is 13.5 Å². The molecule has 0 fully saturated rings. The molecule has 0 amide bonds. The summed E-state index contributed by atoms with van der Waals surface area (Å²) in [5.41, 5.74) is 2.01. The third kappa shape index (κ3) is 5.13. The topological polar surface area (TPSA) is 12.9 Å². The first-order valence-corrected chi connectivity index (χ1v) is 3.85. The van der Waals surface area contributed by atoms with Gasteiger partial charge in [0.1, 0.15) is 0 Å². The van der Waals surface area contributed by atoms with E-state index in [2.05, 4.69) is 11.1 Å². The second-order valence-electron chi connectivity index (χ2n) is 2.49. The quantitative estimate of drug-likeness (QED) is 0.606. The number of nitrogens with zero attached hydrogens (tertiary/aromatic N) is 1. The Bertz CT molecular complexity index is 318. The van der Waals surface area contributed by atoms with Crippen molar-refractivity contribution in [3.8, 4) is 11.3 Å². The second-order valence-corrected chi connectivity index (χ2v) is 2.49. The molecule has 2 radical (unpaired) electrons. The van der Waals surface area contributed by atoms with Gasteiger partial charge in [0.05, 0.1) is 0 Å². The Balaban J connectivity index is -0.000000422. The number of benzene rings is 1. The van der Waals surface area contributed by atoms with Crippen molar-refractivity contribution in [2.24, 2.45) is 0 Å². The summed E-state index contributed by atoms with van der Waals surface area (Å²) >= 11 is 0. The van der Waals surface area contributed by atoms with Crippen molar-refractivity contribution in [3.63, 3.8) is 0 Å². The van der Waals surface area contributed by atoms with Gasteiger partial charge in [0.15, 0.2) is 0 Å². The first-order valence-electron chi connectivity index (χ1n) is 3.85. The number of pyridine rings is 1. The molecular weight excluding hydrogens is 439 g/mol. The molecule has 0 N–H and O–H groups in total. The predicted molar refractivity (Wildman–Crippen MR) is 57.0 cm³/mol. The zero-order valence-corrected chi connectivity index (χ0v) is 13.7. The van der Waals surface area contributed by atoms with Crippen LogP contribution >= 0.6 is 0 Å². The van der Waals surface area contributed by atoms with E-state index in [4.69, 9.17) is 0 Å². The van der Waals surface area contributed by atoms with Gasteiger partial charge in [-0.1, -0.05) is 12.1 Å². The van der Waals surface area contributed by atoms with E-state index in [1.807, 2.05) is 42.5 Å². The van der Waals surface area contributed by atoms with Gasteiger partial charge < -0.3 is 12.4 Å². The molecule has 1 nitrogen and oxygen atoms in total. The smallest absolute Gasteiger partial charge is 0.0160 e. The summed E-state index contributed by atoms with van der Waals surface area (Å²) in [5, 5.41) is 0. The molecule has 0 atom stereocenters. The van der Waals surface area contributed by atoms with Gasteiger partial charge in [-0.2, -0.15) is 0 Å². The molecule has 1 heterocycles. The molecular formula is C12H13IrNY-2. The third-order valence-corrected chi connectivity index (χ3v) is 1.65. The van der Waals surface area contributed by atoms with Gasteiger partial charge in [-0.25, -0.2) is 0 Å². The van der Waals surface area contributed by atoms with E-state index in [1.54, 1.807) is 6.20 Å². The summed E-state index contributed by atoms with van der Waals surface area (Å²) in [5.74, 6) is 0. The van der Waals surface area contributed by atoms with Crippen LogP contribution in [0.15, 0.2) is 48.7 Å². The van der Waals surface area contributed by atoms with Crippen LogP contribution in [0.5, 0.6) is 0 Å². The van der Waals surface area contributed by atoms with Crippen molar-refractivity contribution in [2.45, 2.75) is 0 Å². The molecule has 15 heavy (non-hydrogen) atoms. The van der Waals surface area contributed by atoms with Crippen molar-refractivity contribution in [1.29, 1.82) is 0 Å². The van der Waals surface area contributed by atoms with E-state index >= 15 is 0 Å². The normalized spacial score (nSPS) is 7.73. The average Bonchev–Trinajstić information content (AvgIpc) is 2.21. The minimum Gasteiger partial charge on any atom is -0.358 e. The molecule has 0 aliphatic heterocycles. The second kappa shape index (κ2) is 9.36. The molecule has 2 aromatic rings. The molecule has 1 aromatic heterocycles. The maximum absolute atomic E-state index is 4.22. The molecule has 0 saturated carbocycles. The van der Waals surface area contributed by atoms with E-state index in [0.29, 0.717) is 0 Å². The Kier molecular flexibility index (Phi) is 10.9. The first-order chi connectivity index (χ1) is 5.97. The van der Waals surface area contributed by atoms with Gasteiger partial charge in [-0.05, 0) is 11.8 Å². The maximum atomic E-state index is 4.22. The van der Waals surface area contributed by atoms with Gasteiger partial charge in [-0.3, -0.25) is 0 Å². The van der Waals surface area contributed by atoms with Gasteiger partial charge in [-0.15, -0.1) is 35.9 Å². The SMILES string of the molecule is [CH3-].[HH].[Ir].[Y].[c-]1ccccc1-c1ccccn1. The molecule has 0 spiro atoms. The van der Waals surface area contributed by atoms with E-state index < -0.39 is 0 Å². The Labute approximate surface area is 131 Å². The molecule has 3 heteroatoms. The van der Waals surface area contributed by atoms with Crippen LogP contribution in [0.2, 0.25) is 0 Å². The minimum absolute atomic E-state index is 0. The van der Waals surface area contributed by atoms with Crippen molar-refractivity contribution >= 4 is 0 Å². The van der Waals surface area contributed by atoms with Crippen LogP contribution in [0.1, 0.15) is 1.43 Å². The Morgan fingerprint density at radius 3 is 2.33 bits per heavy atom. The van der Waals surface area contributed by atoms with E-state index in [1.165, 1.54) is 0 Å². The number of hydrogen-bond donors (Lipinski definition) is 0. The summed E-state index contributed by atoms with van der Waals surface area (Å²) in [6, 6.07) is 16.8. The summed E-state index contributed by atoms with van der Waals surface area (Å²) in [6.45, 7) is 0. The van der Waals surface area contributed by atoms with Crippen LogP contribution in [0.4, 0.5) is 0 Å². The Hall–Kier alpha value is 0.123. The maximum Gasteiger partial charge on any atom is 0.0160 e. The minimum atomic E-state index is 0. The van der Waals surface area contributed by atoms with E-state index in [9.17, 15) is 0 Å². The van der Waals surface area contributed by atoms with Crippen LogP contribution in [0.25, 0.3) is 11.3 Å². The third-order valence-electron chi connectivity index (χ3n) is 1.65. The van der Waals surface area contributed by atoms with Gasteiger partial charge >= 0.3 is 0 Å². The molecule has 0 bridgehead atoms. The van der Waals surface area contributed by atoms with E-state index in [0.717, 1.165) is 11.3 Å². The van der Waals surface area contributed by atoms with E-state index in [-0.39, 0.29) is 61.7 Å². The van der Waals surface area contributed by atoms with Crippen molar-refractivity contribution in [3.05, 3.63) is 62.2 Å². The zero-order chi connectivity index (χ0) is 8.23. The largest absolute Gasteiger partial charge is 0.358 e. The average molecular weight is 452 g/mol. The molecule has 1 aromatic carbocycles. The fourth-order valence-electron chi connectivity index (χ4n) is 1.07. The molecule has 0 unspecified atom stereocenters. The van der Waals surface area contributed by atoms with Gasteiger partial charge in [0, 0.05) is 60.4 Å². The zero-order valence-electron chi connectivity index (χ0n) is 8.48. The fraction of sp³-hybridized carbons (Fsp3) is 0. The number of aromatic nitrogens is 1. The molecule has 80 valence electrons. The summed E-state index contributed by atoms with van der Waals surface area (Å²) in [4.78, 5) is 4.22. The van der Waals surface area contributed by atoms with Crippen LogP contribution in [0.3, 0.4) is 0 Å². The van der Waals surface area contributed by atoms with Crippen molar-refractivity contribution in [1.82, 2.24) is 4.98 Å². The molecule has 2 rings (SSSR count). The van der Waals surface area contributed by atoms with Gasteiger partial charge in [0.2, 0.25) is 0 Å². The first kappa shape index (κ1) is 17.5. The van der Waals surface area contributed by atoms with Crippen LogP contribution in [-0.4, -0.2) is 4.98 Å². The van der Waals surface area contributed by atoms with Gasteiger partial charge in [0.25, 0.3) is 0 Å². The van der Waals surface area contributed by atoms with Crippen molar-refractivity contribution < 1.29 is 54.2 Å². The monoisotopic (exact) mass is 453 g/mol. The number of rotatable bonds is 1. The molecule has 0 saturated heterocycles. The number of hydrogen-bond acceptors (Lipinski definition) is 1. The van der Waals surface area contributed by atoms with Crippen LogP contribution < -0.4 is 0 Å². The standard InChI is InChI=1S/C11H8N.CH3.Ir.Y.H2/c1-2-6-10(7-3-1)11-8-4-5-9-12-11;;;;/h1-6,8-9H;1H3;;;1H/q2*-1;;;. The molecule has 0 aliphatic carbocycles.